The van der Waals surface area contributed by atoms with Crippen molar-refractivity contribution in [3.63, 3.8) is 0 Å². The fourth-order valence-corrected chi connectivity index (χ4v) is 2.36. The minimum atomic E-state index is -0.0358. The largest absolute Gasteiger partial charge is 0.409 e. The highest BCUT2D eigenvalue weighted by molar-refractivity contribution is 5.85. The summed E-state index contributed by atoms with van der Waals surface area (Å²) in [7, 11) is 0. The number of nitrogens with one attached hydrogen (secondary N) is 1. The third-order valence-electron chi connectivity index (χ3n) is 3.39. The molecule has 19 heavy (non-hydrogen) atoms. The number of amidine groups is 1. The van der Waals surface area contributed by atoms with E-state index in [0.29, 0.717) is 19.6 Å². The van der Waals surface area contributed by atoms with Crippen LogP contribution >= 0.6 is 0 Å². The van der Waals surface area contributed by atoms with E-state index in [1.54, 1.807) is 4.90 Å². The van der Waals surface area contributed by atoms with Gasteiger partial charge < -0.3 is 21.2 Å². The Balaban J connectivity index is 2.53. The lowest BCUT2D eigenvalue weighted by Crippen LogP contribution is -2.56. The van der Waals surface area contributed by atoms with Gasteiger partial charge in [0.1, 0.15) is 0 Å². The number of rotatable bonds is 5. The minimum absolute atomic E-state index is 0.0158. The third kappa shape index (κ3) is 4.27. The van der Waals surface area contributed by atoms with Gasteiger partial charge >= 0.3 is 6.03 Å². The van der Waals surface area contributed by atoms with Crippen molar-refractivity contribution in [3.8, 4) is 0 Å². The summed E-state index contributed by atoms with van der Waals surface area (Å²) >= 11 is 0. The molecule has 0 aliphatic carbocycles. The van der Waals surface area contributed by atoms with E-state index in [0.717, 1.165) is 25.9 Å². The molecule has 1 saturated heterocycles. The molecule has 1 aliphatic rings. The standard InChI is InChI=1S/C12H25N5O2/c1-3-5-10(11(13)15-19)16-6-8-17(9-7-16)12(18)14-4-2/h10,19H,3-9H2,1-2H3,(H2,13,15)(H,14,18). The van der Waals surface area contributed by atoms with Crippen molar-refractivity contribution >= 4 is 11.9 Å². The molecule has 1 heterocycles. The van der Waals surface area contributed by atoms with Gasteiger partial charge in [-0.15, -0.1) is 0 Å². The van der Waals surface area contributed by atoms with E-state index in [9.17, 15) is 4.79 Å². The highest BCUT2D eigenvalue weighted by Crippen LogP contribution is 2.11. The van der Waals surface area contributed by atoms with Gasteiger partial charge in [0, 0.05) is 32.7 Å². The summed E-state index contributed by atoms with van der Waals surface area (Å²) in [5.41, 5.74) is 5.74. The first-order valence-corrected chi connectivity index (χ1v) is 6.88. The van der Waals surface area contributed by atoms with E-state index < -0.39 is 0 Å². The van der Waals surface area contributed by atoms with Crippen LogP contribution in [0.5, 0.6) is 0 Å². The molecule has 0 radical (unpaired) electrons. The number of oxime groups is 1. The van der Waals surface area contributed by atoms with Crippen LogP contribution in [0.3, 0.4) is 0 Å². The molecular formula is C12H25N5O2. The molecule has 0 aromatic rings. The monoisotopic (exact) mass is 271 g/mol. The van der Waals surface area contributed by atoms with Crippen LogP contribution in [0.1, 0.15) is 26.7 Å². The number of nitrogens with zero attached hydrogens (tertiary/aromatic N) is 3. The summed E-state index contributed by atoms with van der Waals surface area (Å²) in [6, 6.07) is -0.0515. The second kappa shape index (κ2) is 7.83. The molecule has 110 valence electrons. The zero-order chi connectivity index (χ0) is 14.3. The molecule has 0 spiro atoms. The Labute approximate surface area is 114 Å². The van der Waals surface area contributed by atoms with Gasteiger partial charge in [0.25, 0.3) is 0 Å². The number of hydrogen-bond donors (Lipinski definition) is 3. The molecular weight excluding hydrogens is 246 g/mol. The van der Waals surface area contributed by atoms with E-state index in [1.807, 2.05) is 6.92 Å². The predicted octanol–water partition coefficient (Wildman–Crippen LogP) is 0.249. The van der Waals surface area contributed by atoms with Crippen molar-refractivity contribution < 1.29 is 10.0 Å². The predicted molar refractivity (Wildman–Crippen MR) is 74.3 cm³/mol. The van der Waals surface area contributed by atoms with E-state index >= 15 is 0 Å². The molecule has 4 N–H and O–H groups in total. The fourth-order valence-electron chi connectivity index (χ4n) is 2.36. The average Bonchev–Trinajstić information content (AvgIpc) is 2.44. The molecule has 1 rings (SSSR count). The zero-order valence-corrected chi connectivity index (χ0v) is 11.8. The van der Waals surface area contributed by atoms with Gasteiger partial charge in [-0.25, -0.2) is 4.79 Å². The molecule has 1 fully saturated rings. The second-order valence-electron chi connectivity index (χ2n) is 4.69. The SMILES string of the molecule is CCCC(C(N)=NO)N1CCN(C(=O)NCC)CC1. The van der Waals surface area contributed by atoms with Crippen LogP contribution in [0.2, 0.25) is 0 Å². The van der Waals surface area contributed by atoms with Crippen LogP contribution in [0.25, 0.3) is 0 Å². The highest BCUT2D eigenvalue weighted by atomic mass is 16.4. The number of urea groups is 1. The van der Waals surface area contributed by atoms with Crippen LogP contribution < -0.4 is 11.1 Å². The van der Waals surface area contributed by atoms with Crippen LogP contribution in [-0.4, -0.2) is 65.6 Å². The number of carbonyl (C=O) groups excluding carboxylic acids is 1. The van der Waals surface area contributed by atoms with Gasteiger partial charge in [-0.3, -0.25) is 4.90 Å². The third-order valence-corrected chi connectivity index (χ3v) is 3.39. The maximum Gasteiger partial charge on any atom is 0.317 e. The van der Waals surface area contributed by atoms with Crippen LogP contribution in [0.4, 0.5) is 4.79 Å². The first kappa shape index (κ1) is 15.6. The molecule has 1 atom stereocenters. The van der Waals surface area contributed by atoms with Gasteiger partial charge in [0.15, 0.2) is 5.84 Å². The van der Waals surface area contributed by atoms with E-state index in [4.69, 9.17) is 10.9 Å². The van der Waals surface area contributed by atoms with Gasteiger partial charge in [0.2, 0.25) is 0 Å². The second-order valence-corrected chi connectivity index (χ2v) is 4.69. The first-order chi connectivity index (χ1) is 9.13. The quantitative estimate of drug-likeness (QED) is 0.289. The van der Waals surface area contributed by atoms with Crippen molar-refractivity contribution in [2.24, 2.45) is 10.9 Å². The van der Waals surface area contributed by atoms with Crippen molar-refractivity contribution in [3.05, 3.63) is 0 Å². The number of amides is 2. The lowest BCUT2D eigenvalue weighted by Gasteiger charge is -2.38. The van der Waals surface area contributed by atoms with Crippen molar-refractivity contribution in [2.45, 2.75) is 32.7 Å². The van der Waals surface area contributed by atoms with Crippen molar-refractivity contribution in [2.75, 3.05) is 32.7 Å². The number of carbonyl (C=O) groups is 1. The highest BCUT2D eigenvalue weighted by Gasteiger charge is 2.27. The Morgan fingerprint density at radius 2 is 2.00 bits per heavy atom. The number of piperazine rings is 1. The zero-order valence-electron chi connectivity index (χ0n) is 11.8. The van der Waals surface area contributed by atoms with Gasteiger partial charge in [-0.1, -0.05) is 18.5 Å². The maximum atomic E-state index is 11.7. The van der Waals surface area contributed by atoms with Crippen molar-refractivity contribution in [1.82, 2.24) is 15.1 Å². The lowest BCUT2D eigenvalue weighted by molar-refractivity contribution is 0.123. The van der Waals surface area contributed by atoms with Crippen LogP contribution in [0.15, 0.2) is 5.16 Å². The number of hydrogen-bond acceptors (Lipinski definition) is 4. The van der Waals surface area contributed by atoms with E-state index in [1.165, 1.54) is 0 Å². The molecule has 0 saturated carbocycles. The topological polar surface area (TPSA) is 94.2 Å². The normalized spacial score (nSPS) is 19.3. The summed E-state index contributed by atoms with van der Waals surface area (Å²) in [6.45, 7) is 7.46. The average molecular weight is 271 g/mol. The van der Waals surface area contributed by atoms with E-state index in [2.05, 4.69) is 22.3 Å². The Bertz CT molecular complexity index is 313. The van der Waals surface area contributed by atoms with Crippen LogP contribution in [-0.2, 0) is 0 Å². The molecule has 7 nitrogen and oxygen atoms in total. The van der Waals surface area contributed by atoms with Gasteiger partial charge in [-0.05, 0) is 13.3 Å². The molecule has 1 unspecified atom stereocenters. The maximum absolute atomic E-state index is 11.7. The Hall–Kier alpha value is -1.50. The smallest absolute Gasteiger partial charge is 0.317 e. The Morgan fingerprint density at radius 3 is 2.47 bits per heavy atom. The summed E-state index contributed by atoms with van der Waals surface area (Å²) in [4.78, 5) is 15.7. The molecule has 0 aromatic carbocycles. The minimum Gasteiger partial charge on any atom is -0.409 e. The summed E-state index contributed by atoms with van der Waals surface area (Å²) in [5.74, 6) is 0.258. The number of nitrogens with two attached hydrogens (primary N) is 1. The molecule has 7 heteroatoms. The van der Waals surface area contributed by atoms with E-state index in [-0.39, 0.29) is 17.9 Å². The summed E-state index contributed by atoms with van der Waals surface area (Å²) in [6.07, 6.45) is 1.83. The molecule has 1 aliphatic heterocycles. The van der Waals surface area contributed by atoms with Crippen LogP contribution in [0, 0.1) is 0 Å². The lowest BCUT2D eigenvalue weighted by atomic mass is 10.1. The molecule has 0 bridgehead atoms. The van der Waals surface area contributed by atoms with Gasteiger partial charge in [-0.2, -0.15) is 0 Å². The summed E-state index contributed by atoms with van der Waals surface area (Å²) in [5, 5.41) is 14.8. The first-order valence-electron chi connectivity index (χ1n) is 6.88. The van der Waals surface area contributed by atoms with Gasteiger partial charge in [0.05, 0.1) is 6.04 Å². The Morgan fingerprint density at radius 1 is 1.37 bits per heavy atom. The molecule has 2 amide bonds. The molecule has 0 aromatic heterocycles. The Kier molecular flexibility index (Phi) is 6.41. The fraction of sp³-hybridized carbons (Fsp3) is 0.833. The summed E-state index contributed by atoms with van der Waals surface area (Å²) < 4.78 is 0. The van der Waals surface area contributed by atoms with Crippen molar-refractivity contribution in [1.29, 1.82) is 0 Å².